The maximum atomic E-state index is 13.2. The van der Waals surface area contributed by atoms with Crippen LogP contribution in [0.3, 0.4) is 0 Å². The summed E-state index contributed by atoms with van der Waals surface area (Å²) in [6, 6.07) is 19.6. The Bertz CT molecular complexity index is 1430. The second-order valence-electron chi connectivity index (χ2n) is 8.45. The lowest BCUT2D eigenvalue weighted by Gasteiger charge is -2.25. The van der Waals surface area contributed by atoms with Gasteiger partial charge in [-0.3, -0.25) is 9.78 Å². The van der Waals surface area contributed by atoms with Crippen LogP contribution in [-0.2, 0) is 4.79 Å². The second-order valence-corrected chi connectivity index (χ2v) is 9.68. The normalized spacial score (nSPS) is 17.1. The number of nitrogens with zero attached hydrogens (tertiary/aromatic N) is 2. The Morgan fingerprint density at radius 1 is 1.11 bits per heavy atom. The number of thiocarbonyl (C=S) groups is 1. The first-order valence-corrected chi connectivity index (χ1v) is 12.6. The second kappa shape index (κ2) is 10.9. The SMILES string of the molecule is O=C(CCN1C(=S)N[C@@H](c2ccccn2)[C@@H]1c1ccc(-c2ccc(Cl)cc2Cl)o1)Nc1ccc(F)cc1. The number of pyridine rings is 1. The van der Waals surface area contributed by atoms with Crippen molar-refractivity contribution < 1.29 is 13.6 Å². The van der Waals surface area contributed by atoms with Crippen molar-refractivity contribution >= 4 is 52.1 Å². The van der Waals surface area contributed by atoms with Crippen molar-refractivity contribution in [2.75, 3.05) is 11.9 Å². The summed E-state index contributed by atoms with van der Waals surface area (Å²) in [5.74, 6) is 0.640. The molecule has 0 unspecified atom stereocenters. The van der Waals surface area contributed by atoms with Crippen LogP contribution in [0.4, 0.5) is 10.1 Å². The number of anilines is 1. The van der Waals surface area contributed by atoms with E-state index < -0.39 is 0 Å². The average molecular weight is 555 g/mol. The molecule has 37 heavy (non-hydrogen) atoms. The zero-order chi connectivity index (χ0) is 25.9. The first kappa shape index (κ1) is 25.2. The molecule has 1 aliphatic heterocycles. The van der Waals surface area contributed by atoms with Crippen LogP contribution >= 0.6 is 35.4 Å². The number of carbonyl (C=O) groups excluding carboxylic acids is 1. The average Bonchev–Trinajstić information content (AvgIpc) is 3.49. The molecule has 0 bridgehead atoms. The van der Waals surface area contributed by atoms with Gasteiger partial charge in [0.15, 0.2) is 5.11 Å². The predicted octanol–water partition coefficient (Wildman–Crippen LogP) is 6.79. The summed E-state index contributed by atoms with van der Waals surface area (Å²) in [7, 11) is 0. The van der Waals surface area contributed by atoms with Crippen LogP contribution in [0.25, 0.3) is 11.3 Å². The Morgan fingerprint density at radius 2 is 1.92 bits per heavy atom. The molecule has 6 nitrogen and oxygen atoms in total. The molecule has 1 fully saturated rings. The number of carbonyl (C=O) groups is 1. The lowest BCUT2D eigenvalue weighted by atomic mass is 10.0. The highest BCUT2D eigenvalue weighted by molar-refractivity contribution is 7.80. The van der Waals surface area contributed by atoms with Crippen LogP contribution in [-0.4, -0.2) is 27.4 Å². The maximum absolute atomic E-state index is 13.2. The lowest BCUT2D eigenvalue weighted by molar-refractivity contribution is -0.116. The van der Waals surface area contributed by atoms with Gasteiger partial charge in [0.05, 0.1) is 16.8 Å². The van der Waals surface area contributed by atoms with Crippen LogP contribution < -0.4 is 10.6 Å². The molecule has 0 radical (unpaired) electrons. The summed E-state index contributed by atoms with van der Waals surface area (Å²) in [4.78, 5) is 19.1. The Kier molecular flexibility index (Phi) is 7.41. The highest BCUT2D eigenvalue weighted by Gasteiger charge is 2.41. The fourth-order valence-electron chi connectivity index (χ4n) is 4.28. The van der Waals surface area contributed by atoms with E-state index in [2.05, 4.69) is 15.6 Å². The van der Waals surface area contributed by atoms with Gasteiger partial charge < -0.3 is 20.0 Å². The summed E-state index contributed by atoms with van der Waals surface area (Å²) >= 11 is 18.1. The highest BCUT2D eigenvalue weighted by atomic mass is 35.5. The smallest absolute Gasteiger partial charge is 0.226 e. The van der Waals surface area contributed by atoms with Crippen LogP contribution in [0.1, 0.15) is 30.0 Å². The minimum Gasteiger partial charge on any atom is -0.459 e. The number of hydrogen-bond acceptors (Lipinski definition) is 4. The molecule has 0 aliphatic carbocycles. The fourth-order valence-corrected chi connectivity index (χ4v) is 5.11. The van der Waals surface area contributed by atoms with E-state index in [9.17, 15) is 9.18 Å². The Balaban J connectivity index is 1.40. The molecule has 10 heteroatoms. The summed E-state index contributed by atoms with van der Waals surface area (Å²) in [5.41, 5.74) is 2.02. The molecule has 1 aliphatic rings. The molecule has 4 aromatic rings. The third-order valence-electron chi connectivity index (χ3n) is 6.02. The monoisotopic (exact) mass is 554 g/mol. The van der Waals surface area contributed by atoms with Crippen molar-refractivity contribution in [1.82, 2.24) is 15.2 Å². The van der Waals surface area contributed by atoms with E-state index in [1.165, 1.54) is 24.3 Å². The van der Waals surface area contributed by atoms with Crippen molar-refractivity contribution in [3.63, 3.8) is 0 Å². The number of halogens is 3. The number of amides is 1. The van der Waals surface area contributed by atoms with Crippen molar-refractivity contribution in [3.8, 4) is 11.3 Å². The van der Waals surface area contributed by atoms with E-state index in [1.54, 1.807) is 24.4 Å². The van der Waals surface area contributed by atoms with Gasteiger partial charge in [-0.2, -0.15) is 0 Å². The quantitative estimate of drug-likeness (QED) is 0.245. The molecule has 0 saturated carbocycles. The first-order valence-electron chi connectivity index (χ1n) is 11.5. The zero-order valence-corrected chi connectivity index (χ0v) is 21.7. The minimum absolute atomic E-state index is 0.154. The highest BCUT2D eigenvalue weighted by Crippen LogP contribution is 2.41. The number of rotatable bonds is 7. The summed E-state index contributed by atoms with van der Waals surface area (Å²) in [6.45, 7) is 0.324. The molecule has 2 aromatic heterocycles. The summed E-state index contributed by atoms with van der Waals surface area (Å²) in [6.07, 6.45) is 1.87. The largest absolute Gasteiger partial charge is 0.459 e. The number of aromatic nitrogens is 1. The van der Waals surface area contributed by atoms with Crippen LogP contribution in [0.2, 0.25) is 10.0 Å². The van der Waals surface area contributed by atoms with E-state index in [1.807, 2.05) is 35.2 Å². The zero-order valence-electron chi connectivity index (χ0n) is 19.3. The molecular weight excluding hydrogens is 534 g/mol. The molecule has 0 spiro atoms. The van der Waals surface area contributed by atoms with Crippen LogP contribution in [0, 0.1) is 5.82 Å². The number of nitrogens with one attached hydrogen (secondary N) is 2. The van der Waals surface area contributed by atoms with E-state index in [4.69, 9.17) is 39.8 Å². The van der Waals surface area contributed by atoms with Gasteiger partial charge in [-0.15, -0.1) is 0 Å². The molecule has 2 N–H and O–H groups in total. The summed E-state index contributed by atoms with van der Waals surface area (Å²) < 4.78 is 19.5. The van der Waals surface area contributed by atoms with Crippen LogP contribution in [0.5, 0.6) is 0 Å². The van der Waals surface area contributed by atoms with Gasteiger partial charge in [-0.05, 0) is 78.9 Å². The third-order valence-corrected chi connectivity index (χ3v) is 6.92. The number of furan rings is 1. The van der Waals surface area contributed by atoms with Gasteiger partial charge in [0.1, 0.15) is 23.4 Å². The minimum atomic E-state index is -0.368. The first-order chi connectivity index (χ1) is 17.9. The predicted molar refractivity (Wildman–Crippen MR) is 146 cm³/mol. The number of hydrogen-bond donors (Lipinski definition) is 2. The molecule has 188 valence electrons. The molecule has 3 heterocycles. The van der Waals surface area contributed by atoms with Gasteiger partial charge in [0.2, 0.25) is 5.91 Å². The molecule has 1 amide bonds. The van der Waals surface area contributed by atoms with Crippen molar-refractivity contribution in [2.24, 2.45) is 0 Å². The van der Waals surface area contributed by atoms with Gasteiger partial charge in [-0.25, -0.2) is 4.39 Å². The van der Waals surface area contributed by atoms with Crippen molar-refractivity contribution in [1.29, 1.82) is 0 Å². The molecule has 2 aromatic carbocycles. The maximum Gasteiger partial charge on any atom is 0.226 e. The molecule has 5 rings (SSSR count). The standard InChI is InChI=1S/C27H21Cl2FN4O2S/c28-16-4-9-19(20(29)15-16)22-10-11-23(36-22)26-25(21-3-1-2-13-31-21)33-27(37)34(26)14-12-24(35)32-18-7-5-17(30)6-8-18/h1-11,13,15,25-26H,12,14H2,(H,32,35)(H,33,37)/t25-,26-/m0/s1. The van der Waals surface area contributed by atoms with E-state index >= 15 is 0 Å². The van der Waals surface area contributed by atoms with Crippen molar-refractivity contribution in [2.45, 2.75) is 18.5 Å². The Morgan fingerprint density at radius 3 is 2.65 bits per heavy atom. The van der Waals surface area contributed by atoms with E-state index in [-0.39, 0.29) is 30.2 Å². The lowest BCUT2D eigenvalue weighted by Crippen LogP contribution is -2.32. The fraction of sp³-hybridized carbons (Fsp3) is 0.148. The topological polar surface area (TPSA) is 70.4 Å². The number of benzene rings is 2. The van der Waals surface area contributed by atoms with Crippen LogP contribution in [0.15, 0.2) is 83.4 Å². The Hall–Kier alpha value is -3.46. The van der Waals surface area contributed by atoms with E-state index in [0.29, 0.717) is 44.5 Å². The Labute approximate surface area is 228 Å². The third kappa shape index (κ3) is 5.61. The van der Waals surface area contributed by atoms with Gasteiger partial charge in [0.25, 0.3) is 0 Å². The molecule has 2 atom stereocenters. The molecule has 1 saturated heterocycles. The van der Waals surface area contributed by atoms with Gasteiger partial charge in [0, 0.05) is 35.4 Å². The van der Waals surface area contributed by atoms with Gasteiger partial charge in [-0.1, -0.05) is 29.3 Å². The van der Waals surface area contributed by atoms with Gasteiger partial charge >= 0.3 is 0 Å². The van der Waals surface area contributed by atoms with E-state index in [0.717, 1.165) is 5.69 Å². The van der Waals surface area contributed by atoms with Crippen molar-refractivity contribution in [3.05, 3.63) is 106 Å². The molecular formula is C27H21Cl2FN4O2S. The summed E-state index contributed by atoms with van der Waals surface area (Å²) in [5, 5.41) is 7.61.